The van der Waals surface area contributed by atoms with E-state index in [1.165, 1.54) is 25.9 Å². The molecule has 26 heavy (non-hydrogen) atoms. The van der Waals surface area contributed by atoms with E-state index in [2.05, 4.69) is 23.2 Å². The predicted octanol–water partition coefficient (Wildman–Crippen LogP) is 3.98. The van der Waals surface area contributed by atoms with Crippen LogP contribution < -0.4 is 5.32 Å². The van der Waals surface area contributed by atoms with Crippen LogP contribution in [0.1, 0.15) is 35.7 Å². The first-order valence-electron chi connectivity index (χ1n) is 8.95. The van der Waals surface area contributed by atoms with Crippen molar-refractivity contribution in [2.45, 2.75) is 41.0 Å². The quantitative estimate of drug-likeness (QED) is 0.867. The summed E-state index contributed by atoms with van der Waals surface area (Å²) >= 11 is 3.19. The zero-order valence-corrected chi connectivity index (χ0v) is 16.3. The number of carbonyl (C=O) groups is 1. The van der Waals surface area contributed by atoms with E-state index in [1.807, 2.05) is 35.7 Å². The molecule has 0 saturated carbocycles. The molecule has 0 spiro atoms. The van der Waals surface area contributed by atoms with Crippen LogP contribution in [0.2, 0.25) is 0 Å². The van der Waals surface area contributed by atoms with Crippen molar-refractivity contribution in [1.82, 2.24) is 10.2 Å². The molecule has 3 aliphatic rings. The van der Waals surface area contributed by atoms with Crippen LogP contribution in [0.15, 0.2) is 44.8 Å². The van der Waals surface area contributed by atoms with Gasteiger partial charge in [-0.25, -0.2) is 0 Å². The lowest BCUT2D eigenvalue weighted by Gasteiger charge is -2.49. The summed E-state index contributed by atoms with van der Waals surface area (Å²) in [6.45, 7) is 4.56. The monoisotopic (exact) mass is 383 g/mol. The third-order valence-corrected chi connectivity index (χ3v) is 7.60. The van der Waals surface area contributed by atoms with E-state index in [-0.39, 0.29) is 11.9 Å². The Morgan fingerprint density at radius 3 is 2.65 bits per heavy atom. The van der Waals surface area contributed by atoms with E-state index < -0.39 is 0 Å². The highest BCUT2D eigenvalue weighted by Gasteiger charge is 2.40. The molecule has 1 amide bonds. The van der Waals surface area contributed by atoms with Gasteiger partial charge in [0.25, 0.3) is 5.91 Å². The lowest BCUT2D eigenvalue weighted by molar-refractivity contribution is 0.0217. The molecule has 3 fully saturated rings. The van der Waals surface area contributed by atoms with Crippen LogP contribution in [-0.2, 0) is 0 Å². The van der Waals surface area contributed by atoms with Crippen LogP contribution in [0.25, 0.3) is 0 Å². The summed E-state index contributed by atoms with van der Waals surface area (Å²) in [6, 6.07) is 12.5. The van der Waals surface area contributed by atoms with E-state index in [4.69, 9.17) is 5.26 Å². The van der Waals surface area contributed by atoms with Crippen molar-refractivity contribution >= 4 is 29.0 Å². The lowest BCUT2D eigenvalue weighted by atomic mass is 9.79. The van der Waals surface area contributed by atoms with Crippen LogP contribution >= 0.6 is 23.1 Å². The van der Waals surface area contributed by atoms with Crippen molar-refractivity contribution in [2.24, 2.45) is 5.92 Å². The third kappa shape index (κ3) is 3.52. The van der Waals surface area contributed by atoms with Gasteiger partial charge >= 0.3 is 0 Å². The van der Waals surface area contributed by atoms with Gasteiger partial charge in [-0.05, 0) is 69.1 Å². The molecule has 3 aliphatic heterocycles. The zero-order valence-electron chi connectivity index (χ0n) is 14.6. The number of hydrogen-bond donors (Lipinski definition) is 1. The molecule has 4 heterocycles. The molecule has 134 valence electrons. The highest BCUT2D eigenvalue weighted by Crippen LogP contribution is 2.34. The number of amides is 1. The number of nitrogens with zero attached hydrogens (tertiary/aromatic N) is 2. The van der Waals surface area contributed by atoms with E-state index in [1.54, 1.807) is 23.1 Å². The summed E-state index contributed by atoms with van der Waals surface area (Å²) in [5.74, 6) is 0.636. The first-order chi connectivity index (χ1) is 12.6. The van der Waals surface area contributed by atoms with Crippen molar-refractivity contribution in [3.05, 3.63) is 46.8 Å². The SMILES string of the molecule is CC1C(NC(=O)c2ccc(Sc3cc(C#N)cs3)cc2)C2CCN1CC2. The van der Waals surface area contributed by atoms with E-state index in [0.29, 0.717) is 23.1 Å². The van der Waals surface area contributed by atoms with E-state index in [0.717, 1.165) is 9.10 Å². The number of thiophene rings is 1. The Balaban J connectivity index is 1.40. The summed E-state index contributed by atoms with van der Waals surface area (Å²) < 4.78 is 1.08. The van der Waals surface area contributed by atoms with Crippen molar-refractivity contribution in [3.63, 3.8) is 0 Å². The average Bonchev–Trinajstić information content (AvgIpc) is 3.13. The van der Waals surface area contributed by atoms with Gasteiger partial charge in [0.15, 0.2) is 0 Å². The Kier molecular flexibility index (Phi) is 5.03. The van der Waals surface area contributed by atoms with Crippen LogP contribution in [0.5, 0.6) is 0 Å². The van der Waals surface area contributed by atoms with Crippen molar-refractivity contribution in [2.75, 3.05) is 13.1 Å². The number of piperidine rings is 3. The van der Waals surface area contributed by atoms with Crippen LogP contribution in [0.3, 0.4) is 0 Å². The molecular formula is C20H21N3OS2. The number of nitriles is 1. The van der Waals surface area contributed by atoms with Gasteiger partial charge in [0.2, 0.25) is 0 Å². The second kappa shape index (κ2) is 7.43. The minimum Gasteiger partial charge on any atom is -0.347 e. The first-order valence-corrected chi connectivity index (χ1v) is 10.6. The number of rotatable bonds is 4. The fourth-order valence-corrected chi connectivity index (χ4v) is 5.87. The standard InChI is InChI=1S/C20H21N3OS2/c1-13-19(15-6-8-23(13)9-7-15)22-20(24)16-2-4-17(5-3-16)26-18-10-14(11-21)12-25-18/h2-5,10,12-13,15,19H,6-9H2,1H3,(H,22,24). The summed E-state index contributed by atoms with van der Waals surface area (Å²) in [6.07, 6.45) is 2.38. The molecule has 5 rings (SSSR count). The van der Waals surface area contributed by atoms with Crippen molar-refractivity contribution in [3.8, 4) is 6.07 Å². The minimum atomic E-state index is 0.0232. The minimum absolute atomic E-state index is 0.0232. The van der Waals surface area contributed by atoms with E-state index in [9.17, 15) is 4.79 Å². The Hall–Kier alpha value is -1.81. The largest absolute Gasteiger partial charge is 0.347 e. The Morgan fingerprint density at radius 1 is 1.31 bits per heavy atom. The maximum Gasteiger partial charge on any atom is 0.251 e. The van der Waals surface area contributed by atoms with Gasteiger partial charge in [-0.3, -0.25) is 9.69 Å². The van der Waals surface area contributed by atoms with Crippen molar-refractivity contribution in [1.29, 1.82) is 5.26 Å². The highest BCUT2D eigenvalue weighted by atomic mass is 32.2. The zero-order chi connectivity index (χ0) is 18.1. The molecule has 2 bridgehead atoms. The van der Waals surface area contributed by atoms with Crippen molar-refractivity contribution < 1.29 is 4.79 Å². The van der Waals surface area contributed by atoms with Crippen LogP contribution in [-0.4, -0.2) is 36.0 Å². The summed E-state index contributed by atoms with van der Waals surface area (Å²) in [5, 5.41) is 14.0. The number of fused-ring (bicyclic) bond motifs is 3. The molecule has 2 aromatic rings. The maximum atomic E-state index is 12.7. The molecule has 1 aromatic carbocycles. The van der Waals surface area contributed by atoms with Crippen LogP contribution in [0, 0.1) is 17.2 Å². The molecule has 0 aliphatic carbocycles. The number of carbonyl (C=O) groups excluding carboxylic acids is 1. The molecule has 3 saturated heterocycles. The lowest BCUT2D eigenvalue weighted by Crippen LogP contribution is -2.62. The Bertz CT molecular complexity index is 829. The molecular weight excluding hydrogens is 362 g/mol. The van der Waals surface area contributed by atoms with Crippen LogP contribution in [0.4, 0.5) is 0 Å². The normalized spacial score (nSPS) is 27.1. The molecule has 1 aromatic heterocycles. The van der Waals surface area contributed by atoms with Gasteiger partial charge in [0.1, 0.15) is 6.07 Å². The fourth-order valence-electron chi connectivity index (χ4n) is 4.00. The molecule has 0 radical (unpaired) electrons. The number of nitrogens with one attached hydrogen (secondary N) is 1. The smallest absolute Gasteiger partial charge is 0.251 e. The highest BCUT2D eigenvalue weighted by molar-refractivity contribution is 8.01. The third-order valence-electron chi connectivity index (χ3n) is 5.51. The maximum absolute atomic E-state index is 12.7. The first kappa shape index (κ1) is 17.6. The van der Waals surface area contributed by atoms with Gasteiger partial charge in [0.05, 0.1) is 9.77 Å². The topological polar surface area (TPSA) is 56.1 Å². The molecule has 1 N–H and O–H groups in total. The average molecular weight is 384 g/mol. The summed E-state index contributed by atoms with van der Waals surface area (Å²) in [4.78, 5) is 16.2. The summed E-state index contributed by atoms with van der Waals surface area (Å²) in [5.41, 5.74) is 1.40. The van der Waals surface area contributed by atoms with Gasteiger partial charge in [0, 0.05) is 27.9 Å². The molecule has 6 heteroatoms. The second-order valence-electron chi connectivity index (χ2n) is 7.01. The number of hydrogen-bond acceptors (Lipinski definition) is 5. The molecule has 4 nitrogen and oxygen atoms in total. The molecule has 2 atom stereocenters. The summed E-state index contributed by atoms with van der Waals surface area (Å²) in [7, 11) is 0. The van der Waals surface area contributed by atoms with E-state index >= 15 is 0 Å². The Labute approximate surface area is 162 Å². The number of benzene rings is 1. The predicted molar refractivity (Wildman–Crippen MR) is 105 cm³/mol. The van der Waals surface area contributed by atoms with Gasteiger partial charge in [-0.15, -0.1) is 11.3 Å². The second-order valence-corrected chi connectivity index (χ2v) is 9.29. The van der Waals surface area contributed by atoms with Gasteiger partial charge in [-0.2, -0.15) is 5.26 Å². The van der Waals surface area contributed by atoms with Gasteiger partial charge < -0.3 is 5.32 Å². The molecule has 2 unspecified atom stereocenters. The van der Waals surface area contributed by atoms with Gasteiger partial charge in [-0.1, -0.05) is 11.8 Å². The Morgan fingerprint density at radius 2 is 2.04 bits per heavy atom. The fraction of sp³-hybridized carbons (Fsp3) is 0.400.